The minimum Gasteiger partial charge on any atom is -0.508 e. The Bertz CT molecular complexity index is 585. The van der Waals surface area contributed by atoms with Crippen molar-refractivity contribution < 1.29 is 5.11 Å². The molecule has 2 nitrogen and oxygen atoms in total. The van der Waals surface area contributed by atoms with Crippen LogP contribution in [-0.4, -0.2) is 29.1 Å². The molecular formula is C18H21NO. The van der Waals surface area contributed by atoms with Gasteiger partial charge in [-0.15, -0.1) is 0 Å². The maximum atomic E-state index is 10.3. The van der Waals surface area contributed by atoms with Crippen LogP contribution in [0.4, 0.5) is 0 Å². The number of rotatable bonds is 3. The molecule has 0 unspecified atom stereocenters. The monoisotopic (exact) mass is 267 g/mol. The van der Waals surface area contributed by atoms with Gasteiger partial charge in [0.15, 0.2) is 0 Å². The number of phenolic OH excluding ortho intramolecular Hbond substituents is 1. The number of aromatic hydroxyl groups is 1. The second-order valence-corrected chi connectivity index (χ2v) is 5.96. The van der Waals surface area contributed by atoms with Gasteiger partial charge in [0.25, 0.3) is 0 Å². The minimum atomic E-state index is -0.0725. The fourth-order valence-electron chi connectivity index (χ4n) is 3.16. The minimum absolute atomic E-state index is 0.0725. The lowest BCUT2D eigenvalue weighted by atomic mass is 9.68. The van der Waals surface area contributed by atoms with Crippen molar-refractivity contribution in [2.24, 2.45) is 0 Å². The lowest BCUT2D eigenvalue weighted by molar-refractivity contribution is 0.0597. The van der Waals surface area contributed by atoms with E-state index >= 15 is 0 Å². The van der Waals surface area contributed by atoms with Crippen molar-refractivity contribution >= 4 is 0 Å². The molecule has 0 amide bonds. The van der Waals surface area contributed by atoms with E-state index in [1.165, 1.54) is 5.56 Å². The molecule has 1 heterocycles. The molecule has 0 spiro atoms. The highest BCUT2D eigenvalue weighted by Crippen LogP contribution is 2.44. The van der Waals surface area contributed by atoms with E-state index in [9.17, 15) is 5.11 Å². The number of hydrogen-bond acceptors (Lipinski definition) is 2. The third kappa shape index (κ3) is 2.01. The Kier molecular flexibility index (Phi) is 3.27. The molecule has 1 fully saturated rings. The second-order valence-electron chi connectivity index (χ2n) is 5.96. The Morgan fingerprint density at radius 2 is 1.55 bits per heavy atom. The van der Waals surface area contributed by atoms with Gasteiger partial charge in [0.2, 0.25) is 0 Å². The summed E-state index contributed by atoms with van der Waals surface area (Å²) in [6.45, 7) is 6.37. The van der Waals surface area contributed by atoms with Crippen molar-refractivity contribution in [2.45, 2.75) is 25.3 Å². The van der Waals surface area contributed by atoms with Crippen LogP contribution in [0.3, 0.4) is 0 Å². The number of phenols is 1. The number of nitrogens with zero attached hydrogens (tertiary/aromatic N) is 1. The molecule has 1 aliphatic heterocycles. The van der Waals surface area contributed by atoms with E-state index < -0.39 is 0 Å². The Morgan fingerprint density at radius 3 is 2.15 bits per heavy atom. The summed E-state index contributed by atoms with van der Waals surface area (Å²) >= 11 is 0. The average molecular weight is 267 g/mol. The SMILES string of the molecule is CC(C)N1CC(c2ccccc2)(c2ccccc2O)C1. The first-order chi connectivity index (χ1) is 9.63. The molecule has 2 heteroatoms. The van der Waals surface area contributed by atoms with E-state index in [-0.39, 0.29) is 5.41 Å². The maximum Gasteiger partial charge on any atom is 0.119 e. The van der Waals surface area contributed by atoms with Crippen LogP contribution < -0.4 is 0 Å². The van der Waals surface area contributed by atoms with E-state index in [1.54, 1.807) is 6.07 Å². The van der Waals surface area contributed by atoms with Crippen LogP contribution in [-0.2, 0) is 5.41 Å². The van der Waals surface area contributed by atoms with Gasteiger partial charge >= 0.3 is 0 Å². The average Bonchev–Trinajstić information content (AvgIpc) is 2.40. The molecule has 0 aliphatic carbocycles. The first-order valence-electron chi connectivity index (χ1n) is 7.21. The Hall–Kier alpha value is -1.80. The van der Waals surface area contributed by atoms with Crippen LogP contribution in [0.25, 0.3) is 0 Å². The van der Waals surface area contributed by atoms with Gasteiger partial charge in [-0.2, -0.15) is 0 Å². The van der Waals surface area contributed by atoms with Gasteiger partial charge in [0, 0.05) is 30.1 Å². The van der Waals surface area contributed by atoms with E-state index in [2.05, 4.69) is 49.1 Å². The third-order valence-corrected chi connectivity index (χ3v) is 4.42. The molecule has 2 aromatic rings. The zero-order chi connectivity index (χ0) is 14.2. The smallest absolute Gasteiger partial charge is 0.119 e. The molecule has 1 saturated heterocycles. The largest absolute Gasteiger partial charge is 0.508 e. The molecule has 104 valence electrons. The summed E-state index contributed by atoms with van der Waals surface area (Å²) in [5, 5.41) is 10.3. The second kappa shape index (κ2) is 4.95. The fourth-order valence-corrected chi connectivity index (χ4v) is 3.16. The molecule has 0 bridgehead atoms. The highest BCUT2D eigenvalue weighted by molar-refractivity contribution is 5.49. The van der Waals surface area contributed by atoms with E-state index in [0.717, 1.165) is 18.7 Å². The number of hydrogen-bond donors (Lipinski definition) is 1. The molecule has 0 atom stereocenters. The summed E-state index contributed by atoms with van der Waals surface area (Å²) in [6.07, 6.45) is 0. The molecule has 0 saturated carbocycles. The van der Waals surface area contributed by atoms with E-state index in [4.69, 9.17) is 0 Å². The van der Waals surface area contributed by atoms with Crippen LogP contribution in [0, 0.1) is 0 Å². The molecule has 1 N–H and O–H groups in total. The van der Waals surface area contributed by atoms with Gasteiger partial charge in [-0.1, -0.05) is 48.5 Å². The van der Waals surface area contributed by atoms with Crippen LogP contribution in [0.15, 0.2) is 54.6 Å². The van der Waals surface area contributed by atoms with Crippen molar-refractivity contribution in [3.05, 3.63) is 65.7 Å². The van der Waals surface area contributed by atoms with Crippen LogP contribution in [0.2, 0.25) is 0 Å². The number of benzene rings is 2. The van der Waals surface area contributed by atoms with Crippen molar-refractivity contribution in [1.29, 1.82) is 0 Å². The summed E-state index contributed by atoms with van der Waals surface area (Å²) in [6, 6.07) is 18.8. The molecule has 0 radical (unpaired) electrons. The van der Waals surface area contributed by atoms with E-state index in [1.807, 2.05) is 18.2 Å². The normalized spacial score (nSPS) is 17.9. The van der Waals surface area contributed by atoms with Crippen molar-refractivity contribution in [2.75, 3.05) is 13.1 Å². The first-order valence-corrected chi connectivity index (χ1v) is 7.21. The van der Waals surface area contributed by atoms with Gasteiger partial charge in [-0.05, 0) is 25.5 Å². The Morgan fingerprint density at radius 1 is 0.950 bits per heavy atom. The van der Waals surface area contributed by atoms with Crippen LogP contribution >= 0.6 is 0 Å². The summed E-state index contributed by atoms with van der Waals surface area (Å²) in [5.74, 6) is 0.403. The van der Waals surface area contributed by atoms with Gasteiger partial charge in [-0.25, -0.2) is 0 Å². The molecule has 1 aliphatic rings. The van der Waals surface area contributed by atoms with Gasteiger partial charge < -0.3 is 5.11 Å². The predicted octanol–water partition coefficient (Wildman–Crippen LogP) is 3.40. The fraction of sp³-hybridized carbons (Fsp3) is 0.333. The lowest BCUT2D eigenvalue weighted by Gasteiger charge is -2.53. The van der Waals surface area contributed by atoms with Crippen LogP contribution in [0.1, 0.15) is 25.0 Å². The quantitative estimate of drug-likeness (QED) is 0.921. The Labute approximate surface area is 120 Å². The van der Waals surface area contributed by atoms with Gasteiger partial charge in [-0.3, -0.25) is 4.90 Å². The molecule has 20 heavy (non-hydrogen) atoms. The lowest BCUT2D eigenvalue weighted by Crippen LogP contribution is -2.61. The molecule has 2 aromatic carbocycles. The zero-order valence-electron chi connectivity index (χ0n) is 12.1. The maximum absolute atomic E-state index is 10.3. The predicted molar refractivity (Wildman–Crippen MR) is 82.0 cm³/mol. The summed E-state index contributed by atoms with van der Waals surface area (Å²) in [7, 11) is 0. The van der Waals surface area contributed by atoms with Crippen molar-refractivity contribution in [3.63, 3.8) is 0 Å². The van der Waals surface area contributed by atoms with Crippen molar-refractivity contribution in [1.82, 2.24) is 4.90 Å². The molecule has 0 aromatic heterocycles. The highest BCUT2D eigenvalue weighted by Gasteiger charge is 2.47. The molecule has 3 rings (SSSR count). The summed E-state index contributed by atoms with van der Waals surface area (Å²) < 4.78 is 0. The summed E-state index contributed by atoms with van der Waals surface area (Å²) in [4.78, 5) is 2.44. The Balaban J connectivity index is 2.05. The topological polar surface area (TPSA) is 23.5 Å². The zero-order valence-corrected chi connectivity index (χ0v) is 12.1. The van der Waals surface area contributed by atoms with Gasteiger partial charge in [0.05, 0.1) is 0 Å². The van der Waals surface area contributed by atoms with Crippen molar-refractivity contribution in [3.8, 4) is 5.75 Å². The third-order valence-electron chi connectivity index (χ3n) is 4.42. The molecular weight excluding hydrogens is 246 g/mol. The first kappa shape index (κ1) is 13.2. The van der Waals surface area contributed by atoms with Gasteiger partial charge in [0.1, 0.15) is 5.75 Å². The standard InChI is InChI=1S/C18H21NO/c1-14(2)19-12-18(13-19,15-8-4-3-5-9-15)16-10-6-7-11-17(16)20/h3-11,14,20H,12-13H2,1-2H3. The van der Waals surface area contributed by atoms with E-state index in [0.29, 0.717) is 11.8 Å². The summed E-state index contributed by atoms with van der Waals surface area (Å²) in [5.41, 5.74) is 2.26. The number of para-hydroxylation sites is 1. The highest BCUT2D eigenvalue weighted by atomic mass is 16.3. The van der Waals surface area contributed by atoms with Crippen LogP contribution in [0.5, 0.6) is 5.75 Å². The number of likely N-dealkylation sites (tertiary alicyclic amines) is 1.